The lowest BCUT2D eigenvalue weighted by Crippen LogP contribution is -2.37. The zero-order valence-corrected chi connectivity index (χ0v) is 60.7. The van der Waals surface area contributed by atoms with Gasteiger partial charge in [-0.25, -0.2) is 24.7 Å². The maximum atomic E-state index is 12.6. The summed E-state index contributed by atoms with van der Waals surface area (Å²) in [5.41, 5.74) is 18.4. The summed E-state index contributed by atoms with van der Waals surface area (Å²) in [5, 5.41) is 29.2. The van der Waals surface area contributed by atoms with Crippen LogP contribution in [0.25, 0.3) is 67.0 Å². The Hall–Kier alpha value is -12.3. The second-order valence-electron chi connectivity index (χ2n) is 28.3. The third kappa shape index (κ3) is 16.2. The zero-order valence-electron chi connectivity index (χ0n) is 60.7. The molecule has 5 aliphatic heterocycles. The van der Waals surface area contributed by atoms with Crippen molar-refractivity contribution >= 4 is 92.2 Å². The van der Waals surface area contributed by atoms with Crippen molar-refractivity contribution in [3.8, 4) is 22.9 Å². The molecule has 554 valence electrons. The highest BCUT2D eigenvalue weighted by atomic mass is 16.6. The number of amides is 6. The summed E-state index contributed by atoms with van der Waals surface area (Å²) in [7, 11) is 0. The van der Waals surface area contributed by atoms with Crippen molar-refractivity contribution in [1.82, 2.24) is 75.0 Å². The molecule has 7 aromatic carbocycles. The maximum absolute atomic E-state index is 12.6. The molecule has 6 amide bonds. The van der Waals surface area contributed by atoms with Crippen molar-refractivity contribution in [1.29, 1.82) is 0 Å². The van der Waals surface area contributed by atoms with E-state index in [0.717, 1.165) is 93.0 Å². The second kappa shape index (κ2) is 32.2. The highest BCUT2D eigenvalue weighted by Gasteiger charge is 2.31. The van der Waals surface area contributed by atoms with Gasteiger partial charge in [0.25, 0.3) is 23.6 Å². The number of ether oxygens (including phenoxy) is 1. The molecule has 5 aliphatic rings. The number of aromatic nitrogens is 8. The number of carbonyl (C=O) groups excluding carboxylic acids is 6. The average Bonchev–Trinajstić information content (AvgIpc) is 1.62. The number of hydrogen-bond donors (Lipinski definition) is 7. The lowest BCUT2D eigenvalue weighted by Gasteiger charge is -2.26. The molecule has 12 aromatic rings. The molecule has 0 radical (unpaired) electrons. The average molecular weight is 1450 g/mol. The smallest absolute Gasteiger partial charge is 0.408 e. The maximum Gasteiger partial charge on any atom is 0.408 e. The normalized spacial score (nSPS) is 15.2. The predicted molar refractivity (Wildman–Crippen MR) is 413 cm³/mol. The van der Waals surface area contributed by atoms with E-state index in [0.29, 0.717) is 134 Å². The minimum Gasteiger partial charge on any atom is -0.619 e. The SMILES string of the molecule is C=[N+]([O-])c1cccc(-c2ccc(-c3nc4cccc5c4n3CCNC5=O)o2)c1.CC(C)(C)OC(=O)N[C@H](Cc1ccccc1)c1nc2cccc3c2n1CCNC3=O.NC(Cc1ccccc1)c1nc2cccc3c2n1CCNC3=O.O=C(CCc1nc2cccc3c2n1CCNC3=O)NCCN1CCCCC1. The van der Waals surface area contributed by atoms with E-state index >= 15 is 0 Å². The predicted octanol–water partition coefficient (Wildman–Crippen LogP) is 10.5. The Balaban J connectivity index is 0.000000121. The molecule has 0 aliphatic carbocycles. The summed E-state index contributed by atoms with van der Waals surface area (Å²) < 4.78 is 20.4. The van der Waals surface area contributed by atoms with Crippen molar-refractivity contribution in [2.45, 2.75) is 110 Å². The first-order valence-electron chi connectivity index (χ1n) is 36.8. The van der Waals surface area contributed by atoms with Crippen LogP contribution >= 0.6 is 0 Å². The van der Waals surface area contributed by atoms with E-state index in [1.807, 2.05) is 157 Å². The van der Waals surface area contributed by atoms with E-state index in [1.165, 1.54) is 24.8 Å². The first-order chi connectivity index (χ1) is 52.4. The topological polar surface area (TPSA) is 324 Å². The number of nitrogens with two attached hydrogens (primary N) is 1. The number of hydrogen-bond acceptors (Lipinski definition) is 15. The Morgan fingerprint density at radius 2 is 1.05 bits per heavy atom. The van der Waals surface area contributed by atoms with Crippen LogP contribution in [0.3, 0.4) is 0 Å². The lowest BCUT2D eigenvalue weighted by molar-refractivity contribution is -0.349. The molecule has 2 atom stereocenters. The second-order valence-corrected chi connectivity index (χ2v) is 28.3. The Morgan fingerprint density at radius 3 is 1.61 bits per heavy atom. The number of furan rings is 1. The van der Waals surface area contributed by atoms with Crippen molar-refractivity contribution < 1.29 is 42.7 Å². The van der Waals surface area contributed by atoms with Crippen LogP contribution in [-0.4, -0.2) is 148 Å². The van der Waals surface area contributed by atoms with E-state index in [2.05, 4.69) is 69.8 Å². The zero-order chi connectivity index (χ0) is 75.0. The first kappa shape index (κ1) is 72.6. The minimum absolute atomic E-state index is 0.0440. The van der Waals surface area contributed by atoms with Crippen molar-refractivity contribution in [3.05, 3.63) is 226 Å². The summed E-state index contributed by atoms with van der Waals surface area (Å²) in [4.78, 5) is 95.3. The van der Waals surface area contributed by atoms with Gasteiger partial charge in [0.1, 0.15) is 35.6 Å². The Kier molecular flexibility index (Phi) is 21.7. The molecule has 1 saturated heterocycles. The number of nitrogens with one attached hydrogen (secondary N) is 6. The molecule has 8 N–H and O–H groups in total. The van der Waals surface area contributed by atoms with Gasteiger partial charge in [-0.1, -0.05) is 103 Å². The Bertz CT molecular complexity index is 5350. The number of rotatable bonds is 16. The van der Waals surface area contributed by atoms with Gasteiger partial charge in [-0.3, -0.25) is 24.0 Å². The van der Waals surface area contributed by atoms with Gasteiger partial charge in [-0.15, -0.1) is 0 Å². The van der Waals surface area contributed by atoms with Gasteiger partial charge >= 0.3 is 6.09 Å². The molecular weight excluding hydrogens is 1370 g/mol. The van der Waals surface area contributed by atoms with Crippen LogP contribution in [0, 0.1) is 5.21 Å². The van der Waals surface area contributed by atoms with Crippen LogP contribution in [0.15, 0.2) is 174 Å². The highest BCUT2D eigenvalue weighted by Crippen LogP contribution is 2.35. The Morgan fingerprint density at radius 1 is 0.565 bits per heavy atom. The summed E-state index contributed by atoms with van der Waals surface area (Å²) >= 11 is 0. The summed E-state index contributed by atoms with van der Waals surface area (Å²) in [5.74, 6) is 4.09. The number of nitrogens with zero attached hydrogens (tertiary/aromatic N) is 10. The minimum atomic E-state index is -0.603. The summed E-state index contributed by atoms with van der Waals surface area (Å²) in [6.45, 7) is 17.5. The first-order valence-corrected chi connectivity index (χ1v) is 36.8. The monoisotopic (exact) mass is 1450 g/mol. The van der Waals surface area contributed by atoms with Gasteiger partial charge in [-0.2, -0.15) is 4.74 Å². The number of aryl methyl sites for hydroxylation is 1. The van der Waals surface area contributed by atoms with E-state index in [9.17, 15) is 34.0 Å². The standard InChI is InChI=1S/C23H26N4O3.C21H16N4O3.C20H27N5O2.C18H18N4O/c1-23(2,3)30-22(29)26-18(14-15-8-5-4-6-9-15)20-25-17-11-7-10-16-19(17)27(20)13-12-24-21(16)28;1-24(27)14-5-2-4-13(12-14)17-8-9-18(28-17)20-23-16-7-3-6-15-19(16)25(20)11-10-22-21(15)26;26-18(21-9-13-24-11-2-1-3-12-24)8-7-17-23-16-6-4-5-15-19(16)25(17)14-10-22-20(15)27;19-14(11-12-5-2-1-3-6-12)17-21-15-8-4-7-13-16(15)22(17)10-9-20-18(13)23/h4-11,18H,12-14H2,1-3H3,(H,24,28)(H,26,29);2-9,12H,1,10-11H2,(H,22,26);4-6H,1-3,7-14H2,(H,21,26)(H,22,27);1-8,14H,9-11,19H2,(H,20,23)/t18-;;;/m1.../s1. The van der Waals surface area contributed by atoms with Crippen LogP contribution in [-0.2, 0) is 55.0 Å². The molecule has 26 nitrogen and oxygen atoms in total. The number of para-hydroxylation sites is 4. The molecule has 1 unspecified atom stereocenters. The fourth-order valence-corrected chi connectivity index (χ4v) is 14.6. The van der Waals surface area contributed by atoms with Crippen LogP contribution in [0.2, 0.25) is 0 Å². The van der Waals surface area contributed by atoms with Gasteiger partial charge < -0.3 is 75.2 Å². The highest BCUT2D eigenvalue weighted by molar-refractivity contribution is 6.08. The molecular formula is C82H87N17O9. The van der Waals surface area contributed by atoms with Gasteiger partial charge in [0.05, 0.1) is 78.5 Å². The Labute approximate surface area is 623 Å². The third-order valence-corrected chi connectivity index (χ3v) is 19.6. The largest absolute Gasteiger partial charge is 0.619 e. The number of benzene rings is 7. The van der Waals surface area contributed by atoms with E-state index in [4.69, 9.17) is 29.8 Å². The third-order valence-electron chi connectivity index (χ3n) is 19.6. The van der Waals surface area contributed by atoms with Crippen molar-refractivity contribution in [2.75, 3.05) is 52.4 Å². The lowest BCUT2D eigenvalue weighted by atomic mass is 10.1. The van der Waals surface area contributed by atoms with Crippen LogP contribution in [0.5, 0.6) is 0 Å². The summed E-state index contributed by atoms with van der Waals surface area (Å²) in [6.07, 6.45) is 5.64. The van der Waals surface area contributed by atoms with Gasteiger partial charge in [0.2, 0.25) is 11.6 Å². The number of imidazole rings is 4. The fourth-order valence-electron chi connectivity index (χ4n) is 14.6. The molecule has 10 heterocycles. The number of carbonyl (C=O) groups is 6. The number of alkyl carbamates (subject to hydrolysis) is 1. The molecule has 0 spiro atoms. The van der Waals surface area contributed by atoms with Crippen molar-refractivity contribution in [3.63, 3.8) is 0 Å². The van der Waals surface area contributed by atoms with Gasteiger partial charge in [-0.05, 0) is 125 Å². The fraction of sp³-hybridized carbons (Fsp3) is 0.305. The molecule has 5 aromatic heterocycles. The number of piperidine rings is 1. The molecule has 0 bridgehead atoms. The van der Waals surface area contributed by atoms with Gasteiger partial charge in [0.15, 0.2) is 11.6 Å². The molecule has 108 heavy (non-hydrogen) atoms. The van der Waals surface area contributed by atoms with Crippen LogP contribution in [0.4, 0.5) is 10.5 Å². The molecule has 26 heteroatoms. The van der Waals surface area contributed by atoms with Crippen molar-refractivity contribution in [2.24, 2.45) is 5.73 Å². The van der Waals surface area contributed by atoms with Gasteiger partial charge in [0, 0.05) is 102 Å². The quantitative estimate of drug-likeness (QED) is 0.0205. The van der Waals surface area contributed by atoms with Crippen LogP contribution in [0.1, 0.15) is 129 Å². The van der Waals surface area contributed by atoms with Crippen LogP contribution < -0.4 is 37.6 Å². The molecule has 1 fully saturated rings. The molecule has 17 rings (SSSR count). The summed E-state index contributed by atoms with van der Waals surface area (Å²) in [6, 6.07) is 52.6. The number of likely N-dealkylation sites (tertiary alicyclic amines) is 1. The van der Waals surface area contributed by atoms with E-state index in [-0.39, 0.29) is 35.6 Å². The van der Waals surface area contributed by atoms with E-state index < -0.39 is 17.7 Å². The van der Waals surface area contributed by atoms with E-state index in [1.54, 1.807) is 30.3 Å². The molecule has 0 saturated carbocycles.